The molecular formula is C14H8I2O3S. The Kier molecular flexibility index (Phi) is 3.68. The molecule has 0 spiro atoms. The van der Waals surface area contributed by atoms with Gasteiger partial charge in [0.25, 0.3) is 10.1 Å². The molecule has 0 aliphatic carbocycles. The SMILES string of the molecule is O=S(=O)(O)c1ccc2c(I)c3ccccc3c(I)c2c1. The largest absolute Gasteiger partial charge is 0.294 e. The highest BCUT2D eigenvalue weighted by molar-refractivity contribution is 14.1. The second-order valence-corrected chi connectivity index (χ2v) is 7.94. The molecule has 0 atom stereocenters. The number of rotatable bonds is 1. The van der Waals surface area contributed by atoms with Crippen LogP contribution in [-0.4, -0.2) is 13.0 Å². The van der Waals surface area contributed by atoms with Crippen LogP contribution in [-0.2, 0) is 10.1 Å². The van der Waals surface area contributed by atoms with E-state index < -0.39 is 10.1 Å². The number of fused-ring (bicyclic) bond motifs is 2. The van der Waals surface area contributed by atoms with Crippen LogP contribution >= 0.6 is 45.2 Å². The zero-order valence-corrected chi connectivity index (χ0v) is 15.1. The van der Waals surface area contributed by atoms with Crippen molar-refractivity contribution in [2.24, 2.45) is 0 Å². The molecule has 3 nitrogen and oxygen atoms in total. The number of hydrogen-bond donors (Lipinski definition) is 1. The minimum atomic E-state index is -4.18. The molecule has 0 amide bonds. The van der Waals surface area contributed by atoms with Crippen molar-refractivity contribution in [3.05, 3.63) is 49.6 Å². The summed E-state index contributed by atoms with van der Waals surface area (Å²) in [6.07, 6.45) is 0. The maximum Gasteiger partial charge on any atom is 0.294 e. The van der Waals surface area contributed by atoms with E-state index in [9.17, 15) is 13.0 Å². The van der Waals surface area contributed by atoms with E-state index in [2.05, 4.69) is 51.2 Å². The maximum atomic E-state index is 11.3. The number of benzene rings is 3. The molecule has 0 fully saturated rings. The van der Waals surface area contributed by atoms with Crippen molar-refractivity contribution < 1.29 is 13.0 Å². The Hall–Kier alpha value is -0.450. The molecule has 0 radical (unpaired) electrons. The van der Waals surface area contributed by atoms with Crippen molar-refractivity contribution in [2.75, 3.05) is 0 Å². The lowest BCUT2D eigenvalue weighted by Crippen LogP contribution is -1.98. The molecule has 3 aromatic carbocycles. The van der Waals surface area contributed by atoms with Crippen molar-refractivity contribution in [1.29, 1.82) is 0 Å². The summed E-state index contributed by atoms with van der Waals surface area (Å²) in [5.74, 6) is 0. The third-order valence-corrected chi connectivity index (χ3v) is 6.34. The van der Waals surface area contributed by atoms with Gasteiger partial charge >= 0.3 is 0 Å². The van der Waals surface area contributed by atoms with Gasteiger partial charge in [-0.3, -0.25) is 4.55 Å². The van der Waals surface area contributed by atoms with Crippen LogP contribution in [0.2, 0.25) is 0 Å². The summed E-state index contributed by atoms with van der Waals surface area (Å²) >= 11 is 4.49. The van der Waals surface area contributed by atoms with Crippen molar-refractivity contribution >= 4 is 76.8 Å². The smallest absolute Gasteiger partial charge is 0.282 e. The number of hydrogen-bond acceptors (Lipinski definition) is 2. The highest BCUT2D eigenvalue weighted by atomic mass is 127. The fourth-order valence-electron chi connectivity index (χ4n) is 2.21. The van der Waals surface area contributed by atoms with Gasteiger partial charge in [-0.2, -0.15) is 8.42 Å². The Balaban J connectivity index is 2.53. The van der Waals surface area contributed by atoms with E-state index in [0.29, 0.717) is 0 Å². The van der Waals surface area contributed by atoms with Crippen LogP contribution in [0.5, 0.6) is 0 Å². The van der Waals surface area contributed by atoms with Gasteiger partial charge in [0.2, 0.25) is 0 Å². The minimum Gasteiger partial charge on any atom is -0.282 e. The predicted molar refractivity (Wildman–Crippen MR) is 96.7 cm³/mol. The summed E-state index contributed by atoms with van der Waals surface area (Å²) in [5, 5.41) is 4.05. The van der Waals surface area contributed by atoms with Crippen molar-refractivity contribution in [2.45, 2.75) is 4.90 Å². The fourth-order valence-corrected chi connectivity index (χ4v) is 4.58. The molecule has 0 aliphatic rings. The summed E-state index contributed by atoms with van der Waals surface area (Å²) < 4.78 is 33.8. The first kappa shape index (κ1) is 14.5. The fraction of sp³-hybridized carbons (Fsp3) is 0. The maximum absolute atomic E-state index is 11.3. The molecule has 0 aromatic heterocycles. The predicted octanol–water partition coefficient (Wildman–Crippen LogP) is 4.45. The van der Waals surface area contributed by atoms with E-state index in [-0.39, 0.29) is 4.90 Å². The van der Waals surface area contributed by atoms with Crippen molar-refractivity contribution in [3.8, 4) is 0 Å². The summed E-state index contributed by atoms with van der Waals surface area (Å²) in [6, 6.07) is 12.7. The van der Waals surface area contributed by atoms with Crippen LogP contribution in [0.15, 0.2) is 47.4 Å². The van der Waals surface area contributed by atoms with Crippen LogP contribution in [0, 0.1) is 7.14 Å². The van der Waals surface area contributed by atoms with Gasteiger partial charge in [0.15, 0.2) is 0 Å². The van der Waals surface area contributed by atoms with E-state index in [1.807, 2.05) is 18.2 Å². The van der Waals surface area contributed by atoms with E-state index in [0.717, 1.165) is 28.7 Å². The summed E-state index contributed by atoms with van der Waals surface area (Å²) in [5.41, 5.74) is 0. The monoisotopic (exact) mass is 510 g/mol. The van der Waals surface area contributed by atoms with E-state index >= 15 is 0 Å². The first-order valence-electron chi connectivity index (χ1n) is 5.66. The first-order chi connectivity index (χ1) is 9.39. The minimum absolute atomic E-state index is 0.0750. The highest BCUT2D eigenvalue weighted by Gasteiger charge is 2.15. The van der Waals surface area contributed by atoms with Gasteiger partial charge in [-0.25, -0.2) is 0 Å². The van der Waals surface area contributed by atoms with Crippen molar-refractivity contribution in [3.63, 3.8) is 0 Å². The lowest BCUT2D eigenvalue weighted by molar-refractivity contribution is 0.483. The van der Waals surface area contributed by atoms with Crippen LogP contribution in [0.1, 0.15) is 0 Å². The molecule has 0 bridgehead atoms. The molecule has 102 valence electrons. The molecular weight excluding hydrogens is 502 g/mol. The third kappa shape index (κ3) is 2.32. The molecule has 6 heteroatoms. The van der Waals surface area contributed by atoms with Crippen LogP contribution in [0.4, 0.5) is 0 Å². The Labute approximate surface area is 143 Å². The molecule has 0 aliphatic heterocycles. The second kappa shape index (κ2) is 5.08. The van der Waals surface area contributed by atoms with E-state index in [4.69, 9.17) is 0 Å². The molecule has 3 rings (SSSR count). The highest BCUT2D eigenvalue weighted by Crippen LogP contribution is 2.35. The molecule has 20 heavy (non-hydrogen) atoms. The molecule has 0 heterocycles. The molecule has 3 aromatic rings. The summed E-state index contributed by atoms with van der Waals surface area (Å²) in [4.78, 5) is -0.0750. The van der Waals surface area contributed by atoms with Crippen LogP contribution in [0.3, 0.4) is 0 Å². The third-order valence-electron chi connectivity index (χ3n) is 3.16. The van der Waals surface area contributed by atoms with Gasteiger partial charge in [-0.15, -0.1) is 0 Å². The number of halogens is 2. The van der Waals surface area contributed by atoms with E-state index in [1.165, 1.54) is 12.1 Å². The standard InChI is InChI=1S/C14H8I2O3S/c15-13-9-3-1-2-4-10(9)14(16)12-7-8(20(17,18)19)5-6-11(12)13/h1-7H,(H,17,18,19). The van der Waals surface area contributed by atoms with Gasteiger partial charge in [-0.1, -0.05) is 30.3 Å². The lowest BCUT2D eigenvalue weighted by atomic mass is 10.0. The first-order valence-corrected chi connectivity index (χ1v) is 9.26. The molecule has 0 unspecified atom stereocenters. The summed E-state index contributed by atoms with van der Waals surface area (Å²) in [6.45, 7) is 0. The average Bonchev–Trinajstić information content (AvgIpc) is 2.43. The Morgan fingerprint density at radius 3 is 1.85 bits per heavy atom. The molecule has 0 saturated heterocycles. The zero-order valence-electron chi connectivity index (χ0n) is 9.97. The van der Waals surface area contributed by atoms with Gasteiger partial charge < -0.3 is 0 Å². The van der Waals surface area contributed by atoms with Gasteiger partial charge in [0, 0.05) is 7.14 Å². The average molecular weight is 510 g/mol. The zero-order chi connectivity index (χ0) is 14.5. The van der Waals surface area contributed by atoms with E-state index in [1.54, 1.807) is 6.07 Å². The topological polar surface area (TPSA) is 54.4 Å². The van der Waals surface area contributed by atoms with Crippen molar-refractivity contribution in [1.82, 2.24) is 0 Å². The lowest BCUT2D eigenvalue weighted by Gasteiger charge is -2.10. The molecule has 0 saturated carbocycles. The second-order valence-electron chi connectivity index (χ2n) is 4.36. The Morgan fingerprint density at radius 1 is 0.800 bits per heavy atom. The Bertz CT molecular complexity index is 949. The Morgan fingerprint density at radius 2 is 1.30 bits per heavy atom. The normalized spacial score (nSPS) is 12.2. The quantitative estimate of drug-likeness (QED) is 0.299. The van der Waals surface area contributed by atoms with Gasteiger partial charge in [-0.05, 0) is 78.9 Å². The summed E-state index contributed by atoms with van der Waals surface area (Å²) in [7, 11) is -4.18. The van der Waals surface area contributed by atoms with Crippen LogP contribution in [0.25, 0.3) is 21.5 Å². The van der Waals surface area contributed by atoms with Crippen LogP contribution < -0.4 is 0 Å². The van der Waals surface area contributed by atoms with Gasteiger partial charge in [0.05, 0.1) is 4.90 Å². The van der Waals surface area contributed by atoms with Gasteiger partial charge in [0.1, 0.15) is 0 Å². The molecule has 1 N–H and O–H groups in total.